The number of rotatable bonds is 7. The zero-order valence-electron chi connectivity index (χ0n) is 19.5. The van der Waals surface area contributed by atoms with Crippen molar-refractivity contribution in [3.8, 4) is 11.1 Å². The van der Waals surface area contributed by atoms with Gasteiger partial charge in [0, 0.05) is 19.0 Å². The molecule has 178 valence electrons. The highest BCUT2D eigenvalue weighted by Crippen LogP contribution is 2.58. The Balaban J connectivity index is 1.26. The lowest BCUT2D eigenvalue weighted by Gasteiger charge is -2.29. The average Bonchev–Trinajstić information content (AvgIpc) is 3.27. The predicted molar refractivity (Wildman–Crippen MR) is 126 cm³/mol. The van der Waals surface area contributed by atoms with E-state index < -0.39 is 23.5 Å². The fraction of sp³-hybridized carbons (Fsp3) is 0.444. The minimum Gasteiger partial charge on any atom is -0.481 e. The predicted octanol–water partition coefficient (Wildman–Crippen LogP) is 3.87. The number of carbonyl (C=O) groups is 3. The first-order valence-corrected chi connectivity index (χ1v) is 12.0. The molecule has 7 nitrogen and oxygen atoms in total. The molecule has 1 saturated carbocycles. The summed E-state index contributed by atoms with van der Waals surface area (Å²) in [5.74, 6) is -1.21. The van der Waals surface area contributed by atoms with Crippen LogP contribution in [0, 0.1) is 17.3 Å². The van der Waals surface area contributed by atoms with E-state index in [0.717, 1.165) is 22.3 Å². The van der Waals surface area contributed by atoms with Crippen LogP contribution in [0.2, 0.25) is 0 Å². The molecule has 2 aromatic carbocycles. The van der Waals surface area contributed by atoms with Gasteiger partial charge in [0.05, 0.1) is 5.41 Å². The van der Waals surface area contributed by atoms with E-state index in [1.54, 1.807) is 4.90 Å². The molecule has 5 rings (SSSR count). The topological polar surface area (TPSA) is 95.9 Å². The number of nitrogens with zero attached hydrogens (tertiary/aromatic N) is 1. The van der Waals surface area contributed by atoms with Gasteiger partial charge in [-0.2, -0.15) is 0 Å². The Hall–Kier alpha value is -3.35. The summed E-state index contributed by atoms with van der Waals surface area (Å²) in [5, 5.41) is 12.3. The minimum absolute atomic E-state index is 0.0148. The SMILES string of the molecule is CCC(C)C(NC(=O)OCC1c2ccccc2-c2ccccc21)C(=O)N1CC2CC2(C(=O)O)C1. The van der Waals surface area contributed by atoms with E-state index >= 15 is 0 Å². The van der Waals surface area contributed by atoms with Crippen LogP contribution in [0.4, 0.5) is 4.79 Å². The molecular weight excluding hydrogens is 432 g/mol. The number of benzene rings is 2. The fourth-order valence-corrected chi connectivity index (χ4v) is 5.63. The zero-order valence-corrected chi connectivity index (χ0v) is 19.5. The van der Waals surface area contributed by atoms with Gasteiger partial charge < -0.3 is 20.1 Å². The molecule has 2 amide bonds. The molecule has 2 aliphatic carbocycles. The minimum atomic E-state index is -0.836. The van der Waals surface area contributed by atoms with Crippen LogP contribution in [0.25, 0.3) is 11.1 Å². The summed E-state index contributed by atoms with van der Waals surface area (Å²) in [7, 11) is 0. The van der Waals surface area contributed by atoms with Gasteiger partial charge in [-0.3, -0.25) is 9.59 Å². The molecule has 4 atom stereocenters. The van der Waals surface area contributed by atoms with E-state index in [1.165, 1.54) is 0 Å². The number of piperidine rings is 1. The molecule has 1 heterocycles. The molecule has 0 aromatic heterocycles. The van der Waals surface area contributed by atoms with Gasteiger partial charge in [-0.05, 0) is 40.5 Å². The number of hydrogen-bond acceptors (Lipinski definition) is 4. The van der Waals surface area contributed by atoms with E-state index in [2.05, 4.69) is 29.6 Å². The van der Waals surface area contributed by atoms with Crippen LogP contribution in [0.3, 0.4) is 0 Å². The van der Waals surface area contributed by atoms with E-state index in [9.17, 15) is 19.5 Å². The van der Waals surface area contributed by atoms with Gasteiger partial charge in [0.1, 0.15) is 12.6 Å². The van der Waals surface area contributed by atoms with Crippen LogP contribution >= 0.6 is 0 Å². The van der Waals surface area contributed by atoms with Crippen LogP contribution in [0.5, 0.6) is 0 Å². The van der Waals surface area contributed by atoms with Crippen molar-refractivity contribution in [2.24, 2.45) is 17.3 Å². The second-order valence-corrected chi connectivity index (χ2v) is 9.91. The number of amides is 2. The highest BCUT2D eigenvalue weighted by atomic mass is 16.5. The first-order valence-electron chi connectivity index (χ1n) is 12.0. The Labute approximate surface area is 199 Å². The first-order chi connectivity index (χ1) is 16.4. The third-order valence-electron chi connectivity index (χ3n) is 7.98. The first kappa shape index (κ1) is 22.4. The Kier molecular flexibility index (Phi) is 5.58. The van der Waals surface area contributed by atoms with Gasteiger partial charge in [-0.1, -0.05) is 68.8 Å². The van der Waals surface area contributed by atoms with Crippen molar-refractivity contribution in [2.45, 2.75) is 38.6 Å². The number of hydrogen-bond donors (Lipinski definition) is 2. The molecule has 2 fully saturated rings. The molecule has 0 bridgehead atoms. The van der Waals surface area contributed by atoms with Crippen LogP contribution in [-0.2, 0) is 14.3 Å². The smallest absolute Gasteiger partial charge is 0.407 e. The summed E-state index contributed by atoms with van der Waals surface area (Å²) in [5.41, 5.74) is 3.77. The molecule has 34 heavy (non-hydrogen) atoms. The lowest BCUT2D eigenvalue weighted by atomic mass is 9.97. The van der Waals surface area contributed by atoms with Crippen molar-refractivity contribution in [3.63, 3.8) is 0 Å². The summed E-state index contributed by atoms with van der Waals surface area (Å²) in [6.45, 7) is 4.70. The molecule has 7 heteroatoms. The molecule has 2 aromatic rings. The van der Waals surface area contributed by atoms with Crippen molar-refractivity contribution in [1.29, 1.82) is 0 Å². The molecule has 2 N–H and O–H groups in total. The van der Waals surface area contributed by atoms with Crippen molar-refractivity contribution in [3.05, 3.63) is 59.7 Å². The Morgan fingerprint density at radius 2 is 1.74 bits per heavy atom. The molecule has 1 saturated heterocycles. The van der Waals surface area contributed by atoms with Gasteiger partial charge >= 0.3 is 12.1 Å². The van der Waals surface area contributed by atoms with Gasteiger partial charge in [0.15, 0.2) is 0 Å². The van der Waals surface area contributed by atoms with Crippen LogP contribution < -0.4 is 5.32 Å². The molecule has 1 aliphatic heterocycles. The van der Waals surface area contributed by atoms with Crippen LogP contribution in [0.15, 0.2) is 48.5 Å². The second kappa shape index (κ2) is 8.46. The standard InChI is InChI=1S/C27H30N2O5/c1-3-16(2)23(24(30)29-13-17-12-27(17,15-29)25(31)32)28-26(33)34-14-22-20-10-6-4-8-18(20)19-9-5-7-11-21(19)22/h4-11,16-17,22-23H,3,12-15H2,1-2H3,(H,28,33)(H,31,32). The zero-order chi connectivity index (χ0) is 24.0. The summed E-state index contributed by atoms with van der Waals surface area (Å²) in [6.07, 6.45) is 0.694. The Morgan fingerprint density at radius 3 is 2.29 bits per heavy atom. The maximum Gasteiger partial charge on any atom is 0.407 e. The number of carboxylic acid groups (broad SMARTS) is 1. The highest BCUT2D eigenvalue weighted by Gasteiger charge is 2.66. The molecular formula is C27H30N2O5. The number of carboxylic acids is 1. The molecule has 4 unspecified atom stereocenters. The number of likely N-dealkylation sites (tertiary alicyclic amines) is 1. The lowest BCUT2D eigenvalue weighted by Crippen LogP contribution is -2.52. The normalized spacial score (nSPS) is 23.9. The monoisotopic (exact) mass is 462 g/mol. The molecule has 3 aliphatic rings. The summed E-state index contributed by atoms with van der Waals surface area (Å²) < 4.78 is 5.65. The van der Waals surface area contributed by atoms with Crippen LogP contribution in [-0.4, -0.2) is 53.7 Å². The van der Waals surface area contributed by atoms with E-state index in [-0.39, 0.29) is 36.8 Å². The second-order valence-electron chi connectivity index (χ2n) is 9.91. The third-order valence-corrected chi connectivity index (χ3v) is 7.98. The van der Waals surface area contributed by atoms with E-state index in [0.29, 0.717) is 19.4 Å². The number of ether oxygens (including phenoxy) is 1. The van der Waals surface area contributed by atoms with Gasteiger partial charge in [-0.25, -0.2) is 4.79 Å². The van der Waals surface area contributed by atoms with E-state index in [4.69, 9.17) is 4.74 Å². The number of carbonyl (C=O) groups excluding carboxylic acids is 2. The fourth-order valence-electron chi connectivity index (χ4n) is 5.63. The van der Waals surface area contributed by atoms with Crippen LogP contribution in [0.1, 0.15) is 43.7 Å². The van der Waals surface area contributed by atoms with Crippen molar-refractivity contribution < 1.29 is 24.2 Å². The van der Waals surface area contributed by atoms with Gasteiger partial charge in [0.2, 0.25) is 5.91 Å². The highest BCUT2D eigenvalue weighted by molar-refractivity contribution is 5.89. The average molecular weight is 463 g/mol. The summed E-state index contributed by atoms with van der Waals surface area (Å²) in [6, 6.07) is 15.5. The number of alkyl carbamates (subject to hydrolysis) is 1. The maximum absolute atomic E-state index is 13.3. The number of nitrogens with one attached hydrogen (secondary N) is 1. The maximum atomic E-state index is 13.3. The van der Waals surface area contributed by atoms with E-state index in [1.807, 2.05) is 38.1 Å². The molecule has 0 spiro atoms. The lowest BCUT2D eigenvalue weighted by molar-refractivity contribution is -0.144. The largest absolute Gasteiger partial charge is 0.481 e. The number of aliphatic carboxylic acids is 1. The molecule has 0 radical (unpaired) electrons. The van der Waals surface area contributed by atoms with Gasteiger partial charge in [0.25, 0.3) is 0 Å². The Bertz CT molecular complexity index is 1100. The third kappa shape index (κ3) is 3.63. The Morgan fingerprint density at radius 1 is 1.12 bits per heavy atom. The van der Waals surface area contributed by atoms with Crippen molar-refractivity contribution in [1.82, 2.24) is 10.2 Å². The summed E-state index contributed by atoms with van der Waals surface area (Å²) in [4.78, 5) is 39.3. The van der Waals surface area contributed by atoms with Crippen molar-refractivity contribution >= 4 is 18.0 Å². The summed E-state index contributed by atoms with van der Waals surface area (Å²) >= 11 is 0. The number of fused-ring (bicyclic) bond motifs is 4. The quantitative estimate of drug-likeness (QED) is 0.651. The van der Waals surface area contributed by atoms with Gasteiger partial charge in [-0.15, -0.1) is 0 Å². The van der Waals surface area contributed by atoms with Crippen molar-refractivity contribution in [2.75, 3.05) is 19.7 Å².